The number of hydrogen-bond acceptors (Lipinski definition) is 2. The maximum absolute atomic E-state index is 10.8. The average molecular weight is 181 g/mol. The van der Waals surface area contributed by atoms with Crippen molar-refractivity contribution in [3.63, 3.8) is 0 Å². The summed E-state index contributed by atoms with van der Waals surface area (Å²) in [5.41, 5.74) is 0. The molecule has 0 aromatic carbocycles. The molecule has 2 atom stereocenters. The number of halogens is 1. The van der Waals surface area contributed by atoms with Crippen molar-refractivity contribution in [2.45, 2.75) is 24.5 Å². The van der Waals surface area contributed by atoms with E-state index < -0.39 is 9.05 Å². The van der Waals surface area contributed by atoms with E-state index in [0.29, 0.717) is 11.8 Å². The van der Waals surface area contributed by atoms with Crippen LogP contribution in [-0.2, 0) is 9.05 Å². The Morgan fingerprint density at radius 1 is 1.10 bits per heavy atom. The summed E-state index contributed by atoms with van der Waals surface area (Å²) < 4.78 is 21.5. The zero-order chi connectivity index (χ0) is 7.35. The van der Waals surface area contributed by atoms with E-state index in [0.717, 1.165) is 12.8 Å². The van der Waals surface area contributed by atoms with Gasteiger partial charge in [0.25, 0.3) is 0 Å². The molecule has 0 bridgehead atoms. The van der Waals surface area contributed by atoms with Crippen LogP contribution in [0.25, 0.3) is 0 Å². The van der Waals surface area contributed by atoms with Crippen LogP contribution in [-0.4, -0.2) is 13.7 Å². The van der Waals surface area contributed by atoms with Gasteiger partial charge >= 0.3 is 0 Å². The molecular formula is C6H9ClO2S. The van der Waals surface area contributed by atoms with Gasteiger partial charge in [-0.05, 0) is 31.1 Å². The van der Waals surface area contributed by atoms with Crippen LogP contribution in [0.3, 0.4) is 0 Å². The molecule has 0 saturated heterocycles. The zero-order valence-corrected chi connectivity index (χ0v) is 7.03. The van der Waals surface area contributed by atoms with Crippen molar-refractivity contribution in [2.75, 3.05) is 0 Å². The van der Waals surface area contributed by atoms with Crippen LogP contribution in [0.15, 0.2) is 0 Å². The van der Waals surface area contributed by atoms with Gasteiger partial charge in [0.2, 0.25) is 9.05 Å². The summed E-state index contributed by atoms with van der Waals surface area (Å²) in [6.45, 7) is 0. The minimum atomic E-state index is -3.23. The first kappa shape index (κ1) is 6.92. The molecule has 0 aliphatic heterocycles. The van der Waals surface area contributed by atoms with E-state index in [2.05, 4.69) is 0 Å². The van der Waals surface area contributed by atoms with Gasteiger partial charge in [-0.15, -0.1) is 0 Å². The zero-order valence-electron chi connectivity index (χ0n) is 5.46. The summed E-state index contributed by atoms with van der Waals surface area (Å²) in [7, 11) is 1.96. The monoisotopic (exact) mass is 180 g/mol. The second-order valence-corrected chi connectivity index (χ2v) is 6.23. The first-order valence-corrected chi connectivity index (χ1v) is 5.88. The number of hydrogen-bond donors (Lipinski definition) is 0. The molecular weight excluding hydrogens is 172 g/mol. The Labute approximate surface area is 65.0 Å². The maximum Gasteiger partial charge on any atom is 0.235 e. The topological polar surface area (TPSA) is 34.1 Å². The molecule has 58 valence electrons. The normalized spacial score (nSPS) is 39.7. The van der Waals surface area contributed by atoms with Crippen molar-refractivity contribution < 1.29 is 8.42 Å². The van der Waals surface area contributed by atoms with Gasteiger partial charge in [0, 0.05) is 10.7 Å². The molecule has 10 heavy (non-hydrogen) atoms. The summed E-state index contributed by atoms with van der Waals surface area (Å²) in [5.74, 6) is 1.39. The van der Waals surface area contributed by atoms with Crippen molar-refractivity contribution in [1.82, 2.24) is 0 Å². The van der Waals surface area contributed by atoms with Crippen molar-refractivity contribution in [3.8, 4) is 0 Å². The lowest BCUT2D eigenvalue weighted by Gasteiger charge is -2.04. The van der Waals surface area contributed by atoms with Crippen molar-refractivity contribution >= 4 is 19.7 Å². The lowest BCUT2D eigenvalue weighted by Crippen LogP contribution is -2.13. The van der Waals surface area contributed by atoms with Gasteiger partial charge in [-0.1, -0.05) is 0 Å². The van der Waals surface area contributed by atoms with Gasteiger partial charge in [0.15, 0.2) is 0 Å². The quantitative estimate of drug-likeness (QED) is 0.571. The number of fused-ring (bicyclic) bond motifs is 1. The third-order valence-electron chi connectivity index (χ3n) is 2.60. The molecule has 0 heterocycles. The Balaban J connectivity index is 2.10. The van der Waals surface area contributed by atoms with Gasteiger partial charge < -0.3 is 0 Å². The molecule has 2 rings (SSSR count). The van der Waals surface area contributed by atoms with E-state index in [4.69, 9.17) is 10.7 Å². The van der Waals surface area contributed by atoms with Gasteiger partial charge in [-0.3, -0.25) is 0 Å². The Morgan fingerprint density at radius 3 is 1.90 bits per heavy atom. The second kappa shape index (κ2) is 1.89. The maximum atomic E-state index is 10.8. The van der Waals surface area contributed by atoms with E-state index in [9.17, 15) is 8.42 Å². The minimum Gasteiger partial charge on any atom is -0.212 e. The summed E-state index contributed by atoms with van der Waals surface area (Å²) in [6, 6.07) is 0. The van der Waals surface area contributed by atoms with Gasteiger partial charge in [0.1, 0.15) is 0 Å². The summed E-state index contributed by atoms with van der Waals surface area (Å²) >= 11 is 0. The van der Waals surface area contributed by atoms with Crippen LogP contribution in [0.5, 0.6) is 0 Å². The van der Waals surface area contributed by atoms with Crippen molar-refractivity contribution in [1.29, 1.82) is 0 Å². The molecule has 2 saturated carbocycles. The van der Waals surface area contributed by atoms with Crippen LogP contribution in [0.4, 0.5) is 0 Å². The molecule has 2 aliphatic carbocycles. The predicted molar refractivity (Wildman–Crippen MR) is 39.4 cm³/mol. The Bertz CT molecular complexity index is 236. The Hall–Kier alpha value is 0.240. The fourth-order valence-electron chi connectivity index (χ4n) is 1.89. The molecule has 0 spiro atoms. The SMILES string of the molecule is O=S(=O)(Cl)C1C[C@@H]2C[C@H]2C1. The molecule has 0 unspecified atom stereocenters. The van der Waals surface area contributed by atoms with Gasteiger partial charge in [-0.2, -0.15) is 0 Å². The van der Waals surface area contributed by atoms with Crippen molar-refractivity contribution in [3.05, 3.63) is 0 Å². The highest BCUT2D eigenvalue weighted by Gasteiger charge is 2.49. The molecule has 0 aromatic rings. The highest BCUT2D eigenvalue weighted by Crippen LogP contribution is 2.53. The first-order valence-electron chi connectivity index (χ1n) is 3.51. The fourth-order valence-corrected chi connectivity index (χ4v) is 3.28. The Morgan fingerprint density at radius 2 is 1.60 bits per heavy atom. The molecule has 0 aromatic heterocycles. The number of rotatable bonds is 1. The van der Waals surface area contributed by atoms with Crippen molar-refractivity contribution in [2.24, 2.45) is 11.8 Å². The molecule has 0 radical (unpaired) electrons. The summed E-state index contributed by atoms with van der Waals surface area (Å²) in [4.78, 5) is 0. The standard InChI is InChI=1S/C6H9ClO2S/c7-10(8,9)6-2-4-1-5(4)3-6/h4-6H,1-3H2/t4-,5-/m0/s1. The largest absolute Gasteiger partial charge is 0.235 e. The van der Waals surface area contributed by atoms with E-state index in [1.807, 2.05) is 0 Å². The molecule has 0 amide bonds. The van der Waals surface area contributed by atoms with Crippen LogP contribution in [0.1, 0.15) is 19.3 Å². The van der Waals surface area contributed by atoms with E-state index in [-0.39, 0.29) is 5.25 Å². The van der Waals surface area contributed by atoms with Gasteiger partial charge in [-0.25, -0.2) is 8.42 Å². The summed E-state index contributed by atoms with van der Waals surface area (Å²) in [6.07, 6.45) is 2.87. The lowest BCUT2D eigenvalue weighted by atomic mass is 10.2. The van der Waals surface area contributed by atoms with Crippen LogP contribution >= 0.6 is 10.7 Å². The summed E-state index contributed by atoms with van der Waals surface area (Å²) in [5, 5.41) is -0.224. The fraction of sp³-hybridized carbons (Fsp3) is 1.00. The molecule has 2 aliphatic rings. The highest BCUT2D eigenvalue weighted by atomic mass is 35.7. The first-order chi connectivity index (χ1) is 4.57. The molecule has 2 nitrogen and oxygen atoms in total. The second-order valence-electron chi connectivity index (χ2n) is 3.32. The average Bonchev–Trinajstić information content (AvgIpc) is 2.38. The Kier molecular flexibility index (Phi) is 1.30. The highest BCUT2D eigenvalue weighted by molar-refractivity contribution is 8.14. The molecule has 4 heteroatoms. The molecule has 0 N–H and O–H groups in total. The van der Waals surface area contributed by atoms with Crippen LogP contribution in [0.2, 0.25) is 0 Å². The van der Waals surface area contributed by atoms with E-state index in [1.54, 1.807) is 0 Å². The van der Waals surface area contributed by atoms with E-state index >= 15 is 0 Å². The lowest BCUT2D eigenvalue weighted by molar-refractivity contribution is 0.584. The van der Waals surface area contributed by atoms with Crippen LogP contribution in [0, 0.1) is 11.8 Å². The minimum absolute atomic E-state index is 0.224. The molecule has 2 fully saturated rings. The van der Waals surface area contributed by atoms with Crippen LogP contribution < -0.4 is 0 Å². The van der Waals surface area contributed by atoms with E-state index in [1.165, 1.54) is 6.42 Å². The third kappa shape index (κ3) is 1.05. The third-order valence-corrected chi connectivity index (χ3v) is 4.54. The van der Waals surface area contributed by atoms with Gasteiger partial charge in [0.05, 0.1) is 5.25 Å². The smallest absolute Gasteiger partial charge is 0.212 e. The predicted octanol–water partition coefficient (Wildman–Crippen LogP) is 1.35.